The van der Waals surface area contributed by atoms with Crippen LogP contribution in [0.25, 0.3) is 0 Å². The molecule has 1 aromatic carbocycles. The second-order valence-corrected chi connectivity index (χ2v) is 4.80. The van der Waals surface area contributed by atoms with Gasteiger partial charge in [0.15, 0.2) is 5.69 Å². The fourth-order valence-electron chi connectivity index (χ4n) is 2.04. The van der Waals surface area contributed by atoms with Gasteiger partial charge in [0.2, 0.25) is 0 Å². The van der Waals surface area contributed by atoms with E-state index in [-0.39, 0.29) is 17.3 Å². The third-order valence-corrected chi connectivity index (χ3v) is 3.09. The Kier molecular flexibility index (Phi) is 5.19. The summed E-state index contributed by atoms with van der Waals surface area (Å²) >= 11 is 0. The van der Waals surface area contributed by atoms with Gasteiger partial charge in [0, 0.05) is 13.1 Å². The summed E-state index contributed by atoms with van der Waals surface area (Å²) in [6, 6.07) is 9.67. The van der Waals surface area contributed by atoms with Gasteiger partial charge in [-0.1, -0.05) is 37.3 Å². The fraction of sp³-hybridized carbons (Fsp3) is 0.250. The van der Waals surface area contributed by atoms with E-state index in [4.69, 9.17) is 5.11 Å². The van der Waals surface area contributed by atoms with Crippen molar-refractivity contribution in [3.05, 3.63) is 59.7 Å². The molecular weight excluding hydrogens is 282 g/mol. The van der Waals surface area contributed by atoms with E-state index in [2.05, 4.69) is 9.97 Å². The van der Waals surface area contributed by atoms with Crippen LogP contribution in [0.3, 0.4) is 0 Å². The molecule has 2 aromatic rings. The van der Waals surface area contributed by atoms with Crippen LogP contribution >= 0.6 is 0 Å². The molecule has 1 amide bonds. The predicted molar refractivity (Wildman–Crippen MR) is 80.5 cm³/mol. The van der Waals surface area contributed by atoms with E-state index >= 15 is 0 Å². The predicted octanol–water partition coefficient (Wildman–Crippen LogP) is 2.23. The molecule has 0 aliphatic heterocycles. The van der Waals surface area contributed by atoms with Crippen molar-refractivity contribution in [2.75, 3.05) is 6.54 Å². The number of rotatable bonds is 6. The van der Waals surface area contributed by atoms with Crippen LogP contribution in [0.15, 0.2) is 42.7 Å². The lowest BCUT2D eigenvalue weighted by molar-refractivity contribution is 0.0684. The monoisotopic (exact) mass is 299 g/mol. The number of carboxylic acid groups (broad SMARTS) is 1. The lowest BCUT2D eigenvalue weighted by atomic mass is 10.2. The van der Waals surface area contributed by atoms with Gasteiger partial charge < -0.3 is 10.0 Å². The molecule has 1 N–H and O–H groups in total. The highest BCUT2D eigenvalue weighted by atomic mass is 16.4. The molecule has 1 heterocycles. The van der Waals surface area contributed by atoms with Gasteiger partial charge in [0.25, 0.3) is 5.91 Å². The second kappa shape index (κ2) is 7.31. The van der Waals surface area contributed by atoms with E-state index < -0.39 is 5.97 Å². The highest BCUT2D eigenvalue weighted by Crippen LogP contribution is 2.09. The molecule has 2 rings (SSSR count). The standard InChI is InChI=1S/C16H17N3O3/c1-2-8-19(11-12-6-4-3-5-7-12)15(20)13-9-18-14(10-17-13)16(21)22/h3-7,9-10H,2,8,11H2,1H3,(H,21,22). The Labute approximate surface area is 128 Å². The number of aromatic carboxylic acids is 1. The Bertz CT molecular complexity index is 641. The minimum absolute atomic E-state index is 0.148. The maximum atomic E-state index is 12.5. The Balaban J connectivity index is 2.16. The molecule has 1 aromatic heterocycles. The molecule has 0 spiro atoms. The first-order chi connectivity index (χ1) is 10.6. The van der Waals surface area contributed by atoms with Crippen molar-refractivity contribution in [2.24, 2.45) is 0 Å². The van der Waals surface area contributed by atoms with E-state index in [9.17, 15) is 9.59 Å². The van der Waals surface area contributed by atoms with E-state index in [0.29, 0.717) is 13.1 Å². The zero-order chi connectivity index (χ0) is 15.9. The average Bonchev–Trinajstić information content (AvgIpc) is 2.55. The number of carbonyl (C=O) groups is 2. The van der Waals surface area contributed by atoms with Crippen LogP contribution in [-0.4, -0.2) is 38.4 Å². The Morgan fingerprint density at radius 1 is 1.09 bits per heavy atom. The summed E-state index contributed by atoms with van der Waals surface area (Å²) in [7, 11) is 0. The molecule has 0 saturated heterocycles. The minimum atomic E-state index is -1.17. The van der Waals surface area contributed by atoms with Gasteiger partial charge in [-0.05, 0) is 12.0 Å². The number of aromatic nitrogens is 2. The van der Waals surface area contributed by atoms with Gasteiger partial charge in [0.1, 0.15) is 5.69 Å². The molecule has 0 atom stereocenters. The highest BCUT2D eigenvalue weighted by Gasteiger charge is 2.18. The molecule has 0 aliphatic rings. The molecule has 0 aliphatic carbocycles. The molecule has 114 valence electrons. The molecule has 0 fully saturated rings. The smallest absolute Gasteiger partial charge is 0.356 e. The normalized spacial score (nSPS) is 10.2. The number of nitrogens with zero attached hydrogens (tertiary/aromatic N) is 3. The minimum Gasteiger partial charge on any atom is -0.476 e. The topological polar surface area (TPSA) is 83.4 Å². The number of hydrogen-bond acceptors (Lipinski definition) is 4. The zero-order valence-corrected chi connectivity index (χ0v) is 12.3. The third-order valence-electron chi connectivity index (χ3n) is 3.09. The van der Waals surface area contributed by atoms with E-state index in [0.717, 1.165) is 18.2 Å². The molecule has 22 heavy (non-hydrogen) atoms. The van der Waals surface area contributed by atoms with Crippen molar-refractivity contribution in [1.29, 1.82) is 0 Å². The summed E-state index contributed by atoms with van der Waals surface area (Å²) in [5.74, 6) is -1.42. The Morgan fingerprint density at radius 3 is 2.27 bits per heavy atom. The van der Waals surface area contributed by atoms with Gasteiger partial charge in [-0.2, -0.15) is 0 Å². The van der Waals surface area contributed by atoms with Crippen LogP contribution in [0.4, 0.5) is 0 Å². The van der Waals surface area contributed by atoms with Crippen LogP contribution in [0, 0.1) is 0 Å². The van der Waals surface area contributed by atoms with E-state index in [1.54, 1.807) is 4.90 Å². The quantitative estimate of drug-likeness (QED) is 0.884. The summed E-state index contributed by atoms with van der Waals surface area (Å²) < 4.78 is 0. The van der Waals surface area contributed by atoms with Crippen molar-refractivity contribution in [2.45, 2.75) is 19.9 Å². The first-order valence-electron chi connectivity index (χ1n) is 7.00. The average molecular weight is 299 g/mol. The van der Waals surface area contributed by atoms with Gasteiger partial charge in [0.05, 0.1) is 12.4 Å². The molecular formula is C16H17N3O3. The zero-order valence-electron chi connectivity index (χ0n) is 12.3. The molecule has 0 unspecified atom stereocenters. The van der Waals surface area contributed by atoms with Gasteiger partial charge in [-0.3, -0.25) is 4.79 Å². The summed E-state index contributed by atoms with van der Waals surface area (Å²) in [5, 5.41) is 8.80. The highest BCUT2D eigenvalue weighted by molar-refractivity contribution is 5.92. The van der Waals surface area contributed by atoms with Crippen LogP contribution in [0.5, 0.6) is 0 Å². The molecule has 6 nitrogen and oxygen atoms in total. The lowest BCUT2D eigenvalue weighted by Crippen LogP contribution is -2.32. The van der Waals surface area contributed by atoms with Crippen LogP contribution < -0.4 is 0 Å². The first kappa shape index (κ1) is 15.6. The maximum absolute atomic E-state index is 12.5. The van der Waals surface area contributed by atoms with E-state index in [1.165, 1.54) is 6.20 Å². The molecule has 0 radical (unpaired) electrons. The lowest BCUT2D eigenvalue weighted by Gasteiger charge is -2.21. The van der Waals surface area contributed by atoms with E-state index in [1.807, 2.05) is 37.3 Å². The summed E-state index contributed by atoms with van der Waals surface area (Å²) in [6.45, 7) is 3.07. The molecule has 0 bridgehead atoms. The van der Waals surface area contributed by atoms with Gasteiger partial charge >= 0.3 is 5.97 Å². The maximum Gasteiger partial charge on any atom is 0.356 e. The third kappa shape index (κ3) is 3.88. The van der Waals surface area contributed by atoms with Crippen LogP contribution in [0.1, 0.15) is 39.9 Å². The Morgan fingerprint density at radius 2 is 1.73 bits per heavy atom. The summed E-state index contributed by atoms with van der Waals surface area (Å²) in [5.41, 5.74) is 0.996. The number of benzene rings is 1. The number of carbonyl (C=O) groups excluding carboxylic acids is 1. The van der Waals surface area contributed by atoms with Crippen LogP contribution in [0.2, 0.25) is 0 Å². The largest absolute Gasteiger partial charge is 0.476 e. The second-order valence-electron chi connectivity index (χ2n) is 4.80. The first-order valence-corrected chi connectivity index (χ1v) is 7.00. The van der Waals surface area contributed by atoms with Crippen molar-refractivity contribution in [3.8, 4) is 0 Å². The van der Waals surface area contributed by atoms with Gasteiger partial charge in [-0.25, -0.2) is 14.8 Å². The van der Waals surface area contributed by atoms with Crippen molar-refractivity contribution in [1.82, 2.24) is 14.9 Å². The van der Waals surface area contributed by atoms with Crippen LogP contribution in [-0.2, 0) is 6.54 Å². The molecule has 6 heteroatoms. The molecule has 0 saturated carbocycles. The van der Waals surface area contributed by atoms with Gasteiger partial charge in [-0.15, -0.1) is 0 Å². The van der Waals surface area contributed by atoms with Crippen molar-refractivity contribution >= 4 is 11.9 Å². The van der Waals surface area contributed by atoms with Crippen molar-refractivity contribution < 1.29 is 14.7 Å². The fourth-order valence-corrected chi connectivity index (χ4v) is 2.04. The summed E-state index contributed by atoms with van der Waals surface area (Å²) in [6.07, 6.45) is 3.13. The number of amides is 1. The Hall–Kier alpha value is -2.76. The number of carboxylic acids is 1. The van der Waals surface area contributed by atoms with Crippen molar-refractivity contribution in [3.63, 3.8) is 0 Å². The summed E-state index contributed by atoms with van der Waals surface area (Å²) in [4.78, 5) is 32.6. The SMILES string of the molecule is CCCN(Cc1ccccc1)C(=O)c1cnc(C(=O)O)cn1. The number of hydrogen-bond donors (Lipinski definition) is 1.